The maximum Gasteiger partial charge on any atom is 0.0928 e. The van der Waals surface area contributed by atoms with Crippen molar-refractivity contribution in [2.45, 2.75) is 12.2 Å². The standard InChI is InChI=1S/C22H22O2/c1-3-7-17(8-4-1)11-13-19-15-23-22-20(16-24-21(19)22)14-12-18-9-5-2-6-10-18/h1-14,19-22H,15-16H2/t19-,20+,21-,22-/m1/s1. The molecule has 0 N–H and O–H groups in total. The molecule has 2 aliphatic heterocycles. The highest BCUT2D eigenvalue weighted by atomic mass is 16.6. The molecule has 122 valence electrons. The largest absolute Gasteiger partial charge is 0.374 e. The molecule has 0 radical (unpaired) electrons. The highest BCUT2D eigenvalue weighted by Gasteiger charge is 2.45. The number of ether oxygens (including phenoxy) is 2. The molecule has 4 atom stereocenters. The lowest BCUT2D eigenvalue weighted by molar-refractivity contribution is 0.0658. The summed E-state index contributed by atoms with van der Waals surface area (Å²) in [5.74, 6) is 0.677. The molecule has 0 amide bonds. The lowest BCUT2D eigenvalue weighted by Crippen LogP contribution is -2.24. The first kappa shape index (κ1) is 15.4. The molecule has 4 rings (SSSR count). The quantitative estimate of drug-likeness (QED) is 0.829. The molecule has 2 aliphatic rings. The van der Waals surface area contributed by atoms with Crippen LogP contribution in [0.25, 0.3) is 12.2 Å². The summed E-state index contributed by atoms with van der Waals surface area (Å²) in [5, 5.41) is 0. The van der Waals surface area contributed by atoms with Gasteiger partial charge < -0.3 is 9.47 Å². The molecule has 0 saturated carbocycles. The van der Waals surface area contributed by atoms with Crippen LogP contribution in [-0.2, 0) is 9.47 Å². The van der Waals surface area contributed by atoms with E-state index in [0.717, 1.165) is 13.2 Å². The summed E-state index contributed by atoms with van der Waals surface area (Å²) in [6, 6.07) is 20.8. The summed E-state index contributed by atoms with van der Waals surface area (Å²) in [5.41, 5.74) is 2.44. The summed E-state index contributed by atoms with van der Waals surface area (Å²) >= 11 is 0. The van der Waals surface area contributed by atoms with E-state index in [1.54, 1.807) is 0 Å². The molecule has 0 spiro atoms. The smallest absolute Gasteiger partial charge is 0.0928 e. The Labute approximate surface area is 143 Å². The maximum atomic E-state index is 6.05. The third-order valence-corrected chi connectivity index (χ3v) is 4.80. The second-order valence-electron chi connectivity index (χ2n) is 6.46. The first-order valence-electron chi connectivity index (χ1n) is 8.60. The van der Waals surface area contributed by atoms with E-state index >= 15 is 0 Å². The summed E-state index contributed by atoms with van der Waals surface area (Å²) in [6.07, 6.45) is 9.18. The Morgan fingerprint density at radius 1 is 0.625 bits per heavy atom. The average Bonchev–Trinajstić information content (AvgIpc) is 3.22. The van der Waals surface area contributed by atoms with Gasteiger partial charge in [-0.15, -0.1) is 0 Å². The average molecular weight is 318 g/mol. The van der Waals surface area contributed by atoms with Gasteiger partial charge in [-0.1, -0.05) is 85.0 Å². The zero-order valence-electron chi connectivity index (χ0n) is 13.6. The number of hydrogen-bond acceptors (Lipinski definition) is 2. The second kappa shape index (κ2) is 7.16. The van der Waals surface area contributed by atoms with Gasteiger partial charge >= 0.3 is 0 Å². The van der Waals surface area contributed by atoms with Gasteiger partial charge in [-0.25, -0.2) is 0 Å². The Bertz CT molecular complexity index is 642. The highest BCUT2D eigenvalue weighted by molar-refractivity contribution is 5.50. The second-order valence-corrected chi connectivity index (χ2v) is 6.46. The van der Waals surface area contributed by atoms with Crippen molar-refractivity contribution in [3.05, 3.63) is 83.9 Å². The minimum absolute atomic E-state index is 0.176. The monoisotopic (exact) mass is 318 g/mol. The van der Waals surface area contributed by atoms with Crippen LogP contribution < -0.4 is 0 Å². The minimum atomic E-state index is 0.176. The van der Waals surface area contributed by atoms with E-state index in [4.69, 9.17) is 9.47 Å². The molecule has 2 fully saturated rings. The molecule has 0 bridgehead atoms. The molecule has 2 heteroatoms. The van der Waals surface area contributed by atoms with Crippen LogP contribution in [0.15, 0.2) is 72.8 Å². The van der Waals surface area contributed by atoms with Crippen LogP contribution in [0, 0.1) is 11.8 Å². The molecule has 2 heterocycles. The van der Waals surface area contributed by atoms with Crippen LogP contribution in [0.5, 0.6) is 0 Å². The van der Waals surface area contributed by atoms with Crippen LogP contribution in [0.2, 0.25) is 0 Å². The fourth-order valence-electron chi connectivity index (χ4n) is 3.49. The van der Waals surface area contributed by atoms with Crippen molar-refractivity contribution in [2.24, 2.45) is 11.8 Å². The van der Waals surface area contributed by atoms with Crippen LogP contribution in [-0.4, -0.2) is 25.4 Å². The lowest BCUT2D eigenvalue weighted by Gasteiger charge is -2.13. The van der Waals surface area contributed by atoms with E-state index in [0.29, 0.717) is 11.8 Å². The number of benzene rings is 2. The van der Waals surface area contributed by atoms with Crippen molar-refractivity contribution in [2.75, 3.05) is 13.2 Å². The van der Waals surface area contributed by atoms with Gasteiger partial charge in [-0.3, -0.25) is 0 Å². The molecular formula is C22H22O2. The van der Waals surface area contributed by atoms with E-state index in [-0.39, 0.29) is 12.2 Å². The van der Waals surface area contributed by atoms with Crippen molar-refractivity contribution in [1.82, 2.24) is 0 Å². The molecule has 2 nitrogen and oxygen atoms in total. The normalized spacial score (nSPS) is 29.5. The van der Waals surface area contributed by atoms with E-state index in [1.165, 1.54) is 11.1 Å². The Kier molecular flexibility index (Phi) is 4.59. The van der Waals surface area contributed by atoms with E-state index < -0.39 is 0 Å². The Hall–Kier alpha value is -2.16. The number of hydrogen-bond donors (Lipinski definition) is 0. The van der Waals surface area contributed by atoms with Gasteiger partial charge in [0.05, 0.1) is 25.4 Å². The van der Waals surface area contributed by atoms with Crippen molar-refractivity contribution in [3.63, 3.8) is 0 Å². The molecule has 0 unspecified atom stereocenters. The maximum absolute atomic E-state index is 6.05. The van der Waals surface area contributed by atoms with Crippen molar-refractivity contribution < 1.29 is 9.47 Å². The van der Waals surface area contributed by atoms with Crippen molar-refractivity contribution >= 4 is 12.2 Å². The zero-order valence-corrected chi connectivity index (χ0v) is 13.6. The molecule has 0 aromatic heterocycles. The fourth-order valence-corrected chi connectivity index (χ4v) is 3.49. The van der Waals surface area contributed by atoms with Crippen LogP contribution in [0.1, 0.15) is 11.1 Å². The van der Waals surface area contributed by atoms with Gasteiger partial charge in [0.15, 0.2) is 0 Å². The summed E-state index contributed by atoms with van der Waals surface area (Å²) in [7, 11) is 0. The molecule has 2 aromatic carbocycles. The molecule has 2 saturated heterocycles. The van der Waals surface area contributed by atoms with Crippen LogP contribution in [0.4, 0.5) is 0 Å². The van der Waals surface area contributed by atoms with Gasteiger partial charge in [-0.2, -0.15) is 0 Å². The summed E-state index contributed by atoms with van der Waals surface area (Å²) in [4.78, 5) is 0. The van der Waals surface area contributed by atoms with Gasteiger partial charge in [-0.05, 0) is 11.1 Å². The number of fused-ring (bicyclic) bond motifs is 1. The van der Waals surface area contributed by atoms with Gasteiger partial charge in [0.25, 0.3) is 0 Å². The van der Waals surface area contributed by atoms with Crippen molar-refractivity contribution in [3.8, 4) is 0 Å². The number of rotatable bonds is 4. The lowest BCUT2D eigenvalue weighted by atomic mass is 9.95. The van der Waals surface area contributed by atoms with E-state index in [9.17, 15) is 0 Å². The topological polar surface area (TPSA) is 18.5 Å². The fraction of sp³-hybridized carbons (Fsp3) is 0.273. The van der Waals surface area contributed by atoms with Gasteiger partial charge in [0, 0.05) is 11.8 Å². The molecule has 2 aromatic rings. The first-order chi connectivity index (χ1) is 11.9. The SMILES string of the molecule is C(=C[C@@H]1CO[C@H]2[C@@H]1OC[C@@H]2C=Cc1ccccc1)c1ccccc1. The van der Waals surface area contributed by atoms with Crippen molar-refractivity contribution in [1.29, 1.82) is 0 Å². The van der Waals surface area contributed by atoms with Gasteiger partial charge in [0.2, 0.25) is 0 Å². The Balaban J connectivity index is 1.40. The van der Waals surface area contributed by atoms with Gasteiger partial charge in [0.1, 0.15) is 0 Å². The highest BCUT2D eigenvalue weighted by Crippen LogP contribution is 2.36. The van der Waals surface area contributed by atoms with E-state index in [2.05, 4.69) is 72.8 Å². The Morgan fingerprint density at radius 2 is 1.04 bits per heavy atom. The molecular weight excluding hydrogens is 296 g/mol. The Morgan fingerprint density at radius 3 is 1.46 bits per heavy atom. The zero-order chi connectivity index (χ0) is 16.2. The molecule has 0 aliphatic carbocycles. The third-order valence-electron chi connectivity index (χ3n) is 4.80. The minimum Gasteiger partial charge on any atom is -0.374 e. The van der Waals surface area contributed by atoms with Crippen LogP contribution >= 0.6 is 0 Å². The van der Waals surface area contributed by atoms with E-state index in [1.807, 2.05) is 12.1 Å². The molecule has 24 heavy (non-hydrogen) atoms. The van der Waals surface area contributed by atoms with Crippen LogP contribution in [0.3, 0.4) is 0 Å². The summed E-state index contributed by atoms with van der Waals surface area (Å²) < 4.78 is 12.1. The first-order valence-corrected chi connectivity index (χ1v) is 8.60. The third kappa shape index (κ3) is 3.35. The predicted octanol–water partition coefficient (Wildman–Crippen LogP) is 4.44. The predicted molar refractivity (Wildman–Crippen MR) is 97.4 cm³/mol. The summed E-state index contributed by atoms with van der Waals surface area (Å²) in [6.45, 7) is 1.49.